The van der Waals surface area contributed by atoms with E-state index in [0.717, 1.165) is 17.7 Å². The molecule has 0 spiro atoms. The molecule has 0 radical (unpaired) electrons. The molecule has 0 N–H and O–H groups in total. The first-order valence-corrected chi connectivity index (χ1v) is 10.8. The standard InChI is InChI=1S/C24H19F3N2O2S/c1-31-21-12-5-2-8-17(21)14-29-22(30)19-10-3-4-11-20(19)28-23(29)32-15-16-7-6-9-18(13-16)24(25,26)27/h2-13H,14-15H2,1H3. The van der Waals surface area contributed by atoms with Crippen LogP contribution >= 0.6 is 11.8 Å². The third-order valence-electron chi connectivity index (χ3n) is 4.97. The van der Waals surface area contributed by atoms with Gasteiger partial charge in [-0.2, -0.15) is 13.2 Å². The fourth-order valence-corrected chi connectivity index (χ4v) is 4.33. The Morgan fingerprint density at radius 2 is 1.75 bits per heavy atom. The van der Waals surface area contributed by atoms with E-state index in [2.05, 4.69) is 4.98 Å². The Labute approximate surface area is 186 Å². The average molecular weight is 456 g/mol. The van der Waals surface area contributed by atoms with Gasteiger partial charge in [-0.05, 0) is 29.8 Å². The van der Waals surface area contributed by atoms with Crippen LogP contribution < -0.4 is 10.3 Å². The minimum atomic E-state index is -4.41. The lowest BCUT2D eigenvalue weighted by Crippen LogP contribution is -2.24. The highest BCUT2D eigenvalue weighted by Crippen LogP contribution is 2.31. The van der Waals surface area contributed by atoms with E-state index in [1.807, 2.05) is 24.3 Å². The van der Waals surface area contributed by atoms with Crippen LogP contribution in [0.25, 0.3) is 10.9 Å². The fourth-order valence-electron chi connectivity index (χ4n) is 3.39. The maximum atomic E-state index is 13.3. The lowest BCUT2D eigenvalue weighted by atomic mass is 10.1. The summed E-state index contributed by atoms with van der Waals surface area (Å²) in [4.78, 5) is 17.9. The Morgan fingerprint density at radius 3 is 2.53 bits per heavy atom. The SMILES string of the molecule is COc1ccccc1Cn1c(SCc2cccc(C(F)(F)F)c2)nc2ccccc2c1=O. The van der Waals surface area contributed by atoms with Crippen LogP contribution in [-0.4, -0.2) is 16.7 Å². The van der Waals surface area contributed by atoms with Gasteiger partial charge in [-0.15, -0.1) is 0 Å². The predicted octanol–water partition coefficient (Wildman–Crippen LogP) is 5.76. The quantitative estimate of drug-likeness (QED) is 0.273. The number of rotatable bonds is 6. The number of para-hydroxylation sites is 2. The molecular formula is C24H19F3N2O2S. The van der Waals surface area contributed by atoms with Gasteiger partial charge in [0, 0.05) is 11.3 Å². The van der Waals surface area contributed by atoms with E-state index in [4.69, 9.17) is 4.74 Å². The van der Waals surface area contributed by atoms with Crippen LogP contribution in [0.2, 0.25) is 0 Å². The Bertz CT molecular complexity index is 1320. The third-order valence-corrected chi connectivity index (χ3v) is 6.02. The van der Waals surface area contributed by atoms with Crippen molar-refractivity contribution in [3.05, 3.63) is 99.8 Å². The van der Waals surface area contributed by atoms with Gasteiger partial charge in [-0.3, -0.25) is 9.36 Å². The molecule has 0 atom stereocenters. The number of hydrogen-bond donors (Lipinski definition) is 0. The molecule has 4 rings (SSSR count). The van der Waals surface area contributed by atoms with Crippen molar-refractivity contribution in [1.29, 1.82) is 0 Å². The Morgan fingerprint density at radius 1 is 1.00 bits per heavy atom. The van der Waals surface area contributed by atoms with E-state index >= 15 is 0 Å². The van der Waals surface area contributed by atoms with Gasteiger partial charge in [-0.1, -0.05) is 60.3 Å². The summed E-state index contributed by atoms with van der Waals surface area (Å²) in [7, 11) is 1.56. The summed E-state index contributed by atoms with van der Waals surface area (Å²) in [5, 5.41) is 0.905. The number of hydrogen-bond acceptors (Lipinski definition) is 4. The number of fused-ring (bicyclic) bond motifs is 1. The first-order valence-electron chi connectivity index (χ1n) is 9.77. The van der Waals surface area contributed by atoms with E-state index in [0.29, 0.717) is 27.4 Å². The maximum absolute atomic E-state index is 13.3. The molecule has 32 heavy (non-hydrogen) atoms. The largest absolute Gasteiger partial charge is 0.496 e. The number of ether oxygens (including phenoxy) is 1. The van der Waals surface area contributed by atoms with Crippen LogP contribution in [0.1, 0.15) is 16.7 Å². The Hall–Kier alpha value is -3.26. The molecule has 0 unspecified atom stereocenters. The molecule has 3 aromatic carbocycles. The third kappa shape index (κ3) is 4.65. The van der Waals surface area contributed by atoms with Crippen LogP contribution in [0.4, 0.5) is 13.2 Å². The van der Waals surface area contributed by atoms with E-state index in [1.54, 1.807) is 42.0 Å². The van der Waals surface area contributed by atoms with Crippen LogP contribution in [0.15, 0.2) is 82.7 Å². The van der Waals surface area contributed by atoms with Gasteiger partial charge in [0.25, 0.3) is 5.56 Å². The molecule has 0 aliphatic carbocycles. The second kappa shape index (κ2) is 9.08. The van der Waals surface area contributed by atoms with Crippen molar-refractivity contribution >= 4 is 22.7 Å². The summed E-state index contributed by atoms with van der Waals surface area (Å²) in [5.41, 5.74) is 0.924. The zero-order chi connectivity index (χ0) is 22.7. The van der Waals surface area contributed by atoms with E-state index in [1.165, 1.54) is 17.8 Å². The number of thioether (sulfide) groups is 1. The minimum absolute atomic E-state index is 0.215. The van der Waals surface area contributed by atoms with Gasteiger partial charge in [-0.25, -0.2) is 4.98 Å². The van der Waals surface area contributed by atoms with E-state index in [9.17, 15) is 18.0 Å². The first kappa shape index (κ1) is 22.0. The van der Waals surface area contributed by atoms with Crippen LogP contribution in [-0.2, 0) is 18.5 Å². The monoisotopic (exact) mass is 456 g/mol. The lowest BCUT2D eigenvalue weighted by molar-refractivity contribution is -0.137. The molecule has 0 aliphatic heterocycles. The van der Waals surface area contributed by atoms with Crippen LogP contribution in [0, 0.1) is 0 Å². The average Bonchev–Trinajstić information content (AvgIpc) is 2.80. The van der Waals surface area contributed by atoms with Gasteiger partial charge in [0.2, 0.25) is 0 Å². The molecule has 0 aliphatic rings. The van der Waals surface area contributed by atoms with Crippen molar-refractivity contribution in [2.45, 2.75) is 23.6 Å². The maximum Gasteiger partial charge on any atom is 0.416 e. The summed E-state index contributed by atoms with van der Waals surface area (Å²) in [6.07, 6.45) is -4.41. The second-order valence-electron chi connectivity index (χ2n) is 7.10. The van der Waals surface area contributed by atoms with Gasteiger partial charge < -0.3 is 4.74 Å². The smallest absolute Gasteiger partial charge is 0.416 e. The molecule has 4 aromatic rings. The number of aromatic nitrogens is 2. The van der Waals surface area contributed by atoms with Gasteiger partial charge >= 0.3 is 6.18 Å². The fraction of sp³-hybridized carbons (Fsp3) is 0.167. The molecule has 1 aromatic heterocycles. The van der Waals surface area contributed by atoms with Crippen molar-refractivity contribution in [3.8, 4) is 5.75 Å². The zero-order valence-electron chi connectivity index (χ0n) is 17.1. The molecule has 0 saturated carbocycles. The molecule has 0 fully saturated rings. The molecule has 0 amide bonds. The number of nitrogens with zero attached hydrogens (tertiary/aromatic N) is 2. The van der Waals surface area contributed by atoms with Crippen molar-refractivity contribution in [1.82, 2.24) is 9.55 Å². The molecular weight excluding hydrogens is 437 g/mol. The highest BCUT2D eigenvalue weighted by Gasteiger charge is 2.30. The molecule has 1 heterocycles. The van der Waals surface area contributed by atoms with Gasteiger partial charge in [0.15, 0.2) is 5.16 Å². The summed E-state index contributed by atoms with van der Waals surface area (Å²) < 4.78 is 46.1. The van der Waals surface area contributed by atoms with Crippen molar-refractivity contribution in [3.63, 3.8) is 0 Å². The van der Waals surface area contributed by atoms with Crippen molar-refractivity contribution in [2.75, 3.05) is 7.11 Å². The van der Waals surface area contributed by atoms with Crippen LogP contribution in [0.3, 0.4) is 0 Å². The summed E-state index contributed by atoms with van der Waals surface area (Å²) in [5.74, 6) is 0.877. The highest BCUT2D eigenvalue weighted by molar-refractivity contribution is 7.98. The topological polar surface area (TPSA) is 44.1 Å². The minimum Gasteiger partial charge on any atom is -0.496 e. The molecule has 164 valence electrons. The van der Waals surface area contributed by atoms with Crippen molar-refractivity contribution < 1.29 is 17.9 Å². The lowest BCUT2D eigenvalue weighted by Gasteiger charge is -2.15. The summed E-state index contributed by atoms with van der Waals surface area (Å²) >= 11 is 1.22. The number of halogens is 3. The van der Waals surface area contributed by atoms with E-state index < -0.39 is 11.7 Å². The van der Waals surface area contributed by atoms with E-state index in [-0.39, 0.29) is 17.9 Å². The van der Waals surface area contributed by atoms with Crippen LogP contribution in [0.5, 0.6) is 5.75 Å². The molecule has 8 heteroatoms. The first-order chi connectivity index (χ1) is 15.4. The number of benzene rings is 3. The second-order valence-corrected chi connectivity index (χ2v) is 8.04. The normalized spacial score (nSPS) is 11.6. The van der Waals surface area contributed by atoms with Gasteiger partial charge in [0.1, 0.15) is 5.75 Å². The Kier molecular flexibility index (Phi) is 6.23. The Balaban J connectivity index is 1.73. The summed E-state index contributed by atoms with van der Waals surface area (Å²) in [6.45, 7) is 0.228. The molecule has 0 bridgehead atoms. The van der Waals surface area contributed by atoms with Gasteiger partial charge in [0.05, 0.1) is 30.1 Å². The predicted molar refractivity (Wildman–Crippen MR) is 119 cm³/mol. The zero-order valence-corrected chi connectivity index (χ0v) is 17.9. The highest BCUT2D eigenvalue weighted by atomic mass is 32.2. The number of alkyl halides is 3. The number of methoxy groups -OCH3 is 1. The van der Waals surface area contributed by atoms with Crippen molar-refractivity contribution in [2.24, 2.45) is 0 Å². The molecule has 0 saturated heterocycles. The molecule has 4 nitrogen and oxygen atoms in total. The summed E-state index contributed by atoms with van der Waals surface area (Å²) in [6, 6.07) is 19.6.